The van der Waals surface area contributed by atoms with Gasteiger partial charge in [0.05, 0.1) is 24.9 Å². The molecule has 0 spiro atoms. The number of aromatic amines is 1. The number of likely N-dealkylation sites (N-methyl/N-ethyl adjacent to an activating group) is 1. The molecule has 0 saturated carbocycles. The number of carbonyl (C=O) groups is 1. The summed E-state index contributed by atoms with van der Waals surface area (Å²) in [6, 6.07) is 9.80. The predicted molar refractivity (Wildman–Crippen MR) is 106 cm³/mol. The van der Waals surface area contributed by atoms with Gasteiger partial charge in [0.1, 0.15) is 12.0 Å². The first kappa shape index (κ1) is 17.3. The third-order valence-corrected chi connectivity index (χ3v) is 5.65. The quantitative estimate of drug-likeness (QED) is 0.740. The zero-order valence-electron chi connectivity index (χ0n) is 15.8. The largest absolute Gasteiger partial charge is 0.379 e. The number of aromatic nitrogens is 3. The average molecular weight is 377 g/mol. The molecule has 1 amide bonds. The van der Waals surface area contributed by atoms with Gasteiger partial charge in [-0.25, -0.2) is 9.97 Å². The fourth-order valence-corrected chi connectivity index (χ4v) is 4.39. The third-order valence-electron chi connectivity index (χ3n) is 5.65. The summed E-state index contributed by atoms with van der Waals surface area (Å²) in [5, 5.41) is 0.952. The highest BCUT2D eigenvalue weighted by molar-refractivity contribution is 5.97. The Bertz CT molecular complexity index is 1020. The summed E-state index contributed by atoms with van der Waals surface area (Å²) >= 11 is 0. The molecular weight excluding hydrogens is 354 g/mol. The van der Waals surface area contributed by atoms with Gasteiger partial charge in [-0.2, -0.15) is 0 Å². The topological polar surface area (TPSA) is 74.3 Å². The van der Waals surface area contributed by atoms with Crippen LogP contribution in [0.2, 0.25) is 0 Å². The summed E-state index contributed by atoms with van der Waals surface area (Å²) in [6.07, 6.45) is 3.40. The van der Waals surface area contributed by atoms with Crippen molar-refractivity contribution in [2.24, 2.45) is 5.92 Å². The van der Waals surface area contributed by atoms with E-state index in [1.54, 1.807) is 6.33 Å². The van der Waals surface area contributed by atoms with Crippen molar-refractivity contribution in [1.82, 2.24) is 24.8 Å². The Morgan fingerprint density at radius 2 is 2.11 bits per heavy atom. The van der Waals surface area contributed by atoms with Crippen LogP contribution in [0.1, 0.15) is 10.4 Å². The number of ether oxygens (including phenoxy) is 1. The van der Waals surface area contributed by atoms with Crippen LogP contribution in [0.3, 0.4) is 0 Å². The van der Waals surface area contributed by atoms with Crippen LogP contribution in [0, 0.1) is 5.92 Å². The van der Waals surface area contributed by atoms with Gasteiger partial charge in [-0.15, -0.1) is 0 Å². The molecule has 5 rings (SSSR count). The van der Waals surface area contributed by atoms with Crippen molar-refractivity contribution in [3.63, 3.8) is 0 Å². The predicted octanol–water partition coefficient (Wildman–Crippen LogP) is 2.03. The maximum absolute atomic E-state index is 13.4. The van der Waals surface area contributed by atoms with Gasteiger partial charge in [0.15, 0.2) is 0 Å². The van der Waals surface area contributed by atoms with Crippen molar-refractivity contribution in [1.29, 1.82) is 0 Å². The zero-order valence-corrected chi connectivity index (χ0v) is 15.8. The standard InChI is InChI=1S/C21H23N5O2/c1-25-8-14-9-26(17(10-25)12-28-11-14)21(27)16-4-2-3-15(7-16)19-18-5-6-22-20(18)24-13-23-19/h2-7,13-14,17H,8-12H2,1H3,(H,22,23,24)/t14-,17-/m0/s1. The lowest BCUT2D eigenvalue weighted by Crippen LogP contribution is -2.45. The number of hydrogen-bond acceptors (Lipinski definition) is 5. The summed E-state index contributed by atoms with van der Waals surface area (Å²) in [4.78, 5) is 29.5. The molecule has 2 saturated heterocycles. The summed E-state index contributed by atoms with van der Waals surface area (Å²) in [6.45, 7) is 3.87. The van der Waals surface area contributed by atoms with Crippen LogP contribution in [-0.2, 0) is 4.74 Å². The van der Waals surface area contributed by atoms with Crippen LogP contribution in [0.25, 0.3) is 22.3 Å². The molecule has 2 fully saturated rings. The minimum atomic E-state index is 0.0667. The minimum absolute atomic E-state index is 0.0667. The lowest BCUT2D eigenvalue weighted by atomic mass is 10.0. The molecule has 7 heteroatoms. The first-order chi connectivity index (χ1) is 13.7. The third kappa shape index (κ3) is 3.06. The van der Waals surface area contributed by atoms with Gasteiger partial charge in [0.25, 0.3) is 5.91 Å². The number of amides is 1. The molecule has 2 atom stereocenters. The van der Waals surface area contributed by atoms with Gasteiger partial charge < -0.3 is 19.5 Å². The number of nitrogens with one attached hydrogen (secondary N) is 1. The van der Waals surface area contributed by atoms with Gasteiger partial charge in [-0.05, 0) is 25.2 Å². The maximum atomic E-state index is 13.4. The van der Waals surface area contributed by atoms with Crippen molar-refractivity contribution in [3.05, 3.63) is 48.4 Å². The summed E-state index contributed by atoms with van der Waals surface area (Å²) < 4.78 is 5.82. The molecule has 0 radical (unpaired) electrons. The number of carbonyl (C=O) groups excluding carboxylic acids is 1. The first-order valence-corrected chi connectivity index (χ1v) is 9.65. The fourth-order valence-electron chi connectivity index (χ4n) is 4.39. The Hall–Kier alpha value is -2.77. The van der Waals surface area contributed by atoms with Crippen molar-refractivity contribution in [3.8, 4) is 11.3 Å². The van der Waals surface area contributed by atoms with Gasteiger partial charge in [-0.1, -0.05) is 12.1 Å². The Labute approximate surface area is 163 Å². The zero-order chi connectivity index (χ0) is 19.1. The van der Waals surface area contributed by atoms with E-state index in [1.165, 1.54) is 0 Å². The van der Waals surface area contributed by atoms with Crippen LogP contribution >= 0.6 is 0 Å². The van der Waals surface area contributed by atoms with E-state index in [9.17, 15) is 4.79 Å². The number of fused-ring (bicyclic) bond motifs is 4. The average Bonchev–Trinajstić information content (AvgIpc) is 3.02. The van der Waals surface area contributed by atoms with Gasteiger partial charge in [-0.3, -0.25) is 4.79 Å². The summed E-state index contributed by atoms with van der Waals surface area (Å²) in [7, 11) is 2.12. The van der Waals surface area contributed by atoms with Gasteiger partial charge in [0, 0.05) is 48.3 Å². The lowest BCUT2D eigenvalue weighted by molar-refractivity contribution is 0.0483. The van der Waals surface area contributed by atoms with Crippen LogP contribution in [0.5, 0.6) is 0 Å². The Kier molecular flexibility index (Phi) is 4.33. The molecule has 2 bridgehead atoms. The van der Waals surface area contributed by atoms with Crippen LogP contribution < -0.4 is 0 Å². The summed E-state index contributed by atoms with van der Waals surface area (Å²) in [5.74, 6) is 0.419. The van der Waals surface area contributed by atoms with E-state index in [4.69, 9.17) is 4.74 Å². The SMILES string of the molecule is CN1C[C@@H]2COC[C@H](C1)N(C(=O)c1cccc(-c3ncnc4[nH]ccc34)c1)C2. The molecule has 4 heterocycles. The fraction of sp³-hybridized carbons (Fsp3) is 0.381. The Morgan fingerprint density at radius 3 is 3.04 bits per heavy atom. The number of hydrogen-bond donors (Lipinski definition) is 1. The first-order valence-electron chi connectivity index (χ1n) is 9.65. The van der Waals surface area contributed by atoms with Crippen molar-refractivity contribution in [2.45, 2.75) is 6.04 Å². The van der Waals surface area contributed by atoms with Crippen molar-refractivity contribution < 1.29 is 9.53 Å². The molecule has 28 heavy (non-hydrogen) atoms. The molecule has 2 aliphatic rings. The molecule has 144 valence electrons. The normalized spacial score (nSPS) is 23.0. The van der Waals surface area contributed by atoms with E-state index in [0.717, 1.165) is 48.5 Å². The lowest BCUT2D eigenvalue weighted by Gasteiger charge is -2.29. The smallest absolute Gasteiger partial charge is 0.254 e. The highest BCUT2D eigenvalue weighted by Crippen LogP contribution is 2.27. The Morgan fingerprint density at radius 1 is 1.18 bits per heavy atom. The van der Waals surface area contributed by atoms with E-state index in [1.807, 2.05) is 41.4 Å². The maximum Gasteiger partial charge on any atom is 0.254 e. The van der Waals surface area contributed by atoms with Crippen LogP contribution in [0.15, 0.2) is 42.9 Å². The molecule has 7 nitrogen and oxygen atoms in total. The Balaban J connectivity index is 1.49. The number of benzene rings is 1. The molecule has 1 N–H and O–H groups in total. The van der Waals surface area contributed by atoms with Crippen molar-refractivity contribution in [2.75, 3.05) is 39.9 Å². The number of nitrogens with zero attached hydrogens (tertiary/aromatic N) is 4. The molecular formula is C21H23N5O2. The van der Waals surface area contributed by atoms with Crippen molar-refractivity contribution >= 4 is 16.9 Å². The molecule has 2 aromatic heterocycles. The van der Waals surface area contributed by atoms with Gasteiger partial charge >= 0.3 is 0 Å². The van der Waals surface area contributed by atoms with E-state index in [2.05, 4.69) is 26.9 Å². The molecule has 1 aromatic carbocycles. The van der Waals surface area contributed by atoms with Gasteiger partial charge in [0.2, 0.25) is 0 Å². The highest BCUT2D eigenvalue weighted by Gasteiger charge is 2.35. The van der Waals surface area contributed by atoms with Crippen LogP contribution in [-0.4, -0.2) is 76.6 Å². The molecule has 0 unspecified atom stereocenters. The second kappa shape index (κ2) is 7.00. The number of H-pyrrole nitrogens is 1. The van der Waals surface area contributed by atoms with E-state index in [0.29, 0.717) is 18.1 Å². The monoisotopic (exact) mass is 377 g/mol. The molecule has 2 aliphatic heterocycles. The molecule has 3 aromatic rings. The van der Waals surface area contributed by atoms with E-state index < -0.39 is 0 Å². The minimum Gasteiger partial charge on any atom is -0.379 e. The molecule has 0 aliphatic carbocycles. The second-order valence-corrected chi connectivity index (χ2v) is 7.78. The second-order valence-electron chi connectivity index (χ2n) is 7.78. The van der Waals surface area contributed by atoms with Crippen LogP contribution in [0.4, 0.5) is 0 Å². The van der Waals surface area contributed by atoms with E-state index in [-0.39, 0.29) is 11.9 Å². The summed E-state index contributed by atoms with van der Waals surface area (Å²) in [5.41, 5.74) is 3.24. The highest BCUT2D eigenvalue weighted by atomic mass is 16.5. The number of rotatable bonds is 2. The van der Waals surface area contributed by atoms with E-state index >= 15 is 0 Å².